The largest absolute Gasteiger partial charge is 0.496 e. The van der Waals surface area contributed by atoms with Gasteiger partial charge in [-0.2, -0.15) is 0 Å². The fourth-order valence-electron chi connectivity index (χ4n) is 3.76. The van der Waals surface area contributed by atoms with E-state index in [0.29, 0.717) is 22.5 Å². The predicted molar refractivity (Wildman–Crippen MR) is 124 cm³/mol. The van der Waals surface area contributed by atoms with Crippen LogP contribution in [0.15, 0.2) is 36.4 Å². The van der Waals surface area contributed by atoms with Crippen molar-refractivity contribution in [1.29, 1.82) is 0 Å². The molecule has 4 rings (SSSR count). The van der Waals surface area contributed by atoms with Crippen LogP contribution in [0.5, 0.6) is 5.75 Å². The van der Waals surface area contributed by atoms with E-state index in [1.54, 1.807) is 33.3 Å². The Bertz CT molecular complexity index is 1190. The number of aromatic nitrogens is 2. The van der Waals surface area contributed by atoms with Gasteiger partial charge in [-0.3, -0.25) is 9.59 Å². The number of rotatable bonds is 8. The van der Waals surface area contributed by atoms with Crippen molar-refractivity contribution in [3.63, 3.8) is 0 Å². The standard InChI is InChI=1S/C24H27N5O3/c1-29(2)24(31)16-7-9-20(32-3)18(12-16)15-6-8-17-19(13-15)27-28-22(23(25)30)21(17)26-11-10-14-4-5-14/h6-9,12-14H,4-5,10-11H2,1-3H3,(H2,25,30)(H,26,27). The molecular formula is C24H27N5O3. The van der Waals surface area contributed by atoms with Crippen molar-refractivity contribution in [1.82, 2.24) is 15.1 Å². The Hall–Kier alpha value is -3.68. The number of methoxy groups -OCH3 is 1. The monoisotopic (exact) mass is 433 g/mol. The Morgan fingerprint density at radius 1 is 1.16 bits per heavy atom. The minimum Gasteiger partial charge on any atom is -0.496 e. The Balaban J connectivity index is 1.76. The number of fused-ring (bicyclic) bond motifs is 1. The van der Waals surface area contributed by atoms with Crippen molar-refractivity contribution in [2.75, 3.05) is 33.1 Å². The van der Waals surface area contributed by atoms with E-state index < -0.39 is 5.91 Å². The van der Waals surface area contributed by atoms with E-state index in [1.807, 2.05) is 24.3 Å². The van der Waals surface area contributed by atoms with Gasteiger partial charge in [0.25, 0.3) is 11.8 Å². The van der Waals surface area contributed by atoms with Gasteiger partial charge < -0.3 is 20.7 Å². The first-order valence-corrected chi connectivity index (χ1v) is 10.6. The Labute approximate surface area is 186 Å². The van der Waals surface area contributed by atoms with Crippen LogP contribution >= 0.6 is 0 Å². The van der Waals surface area contributed by atoms with Crippen LogP contribution in [0.25, 0.3) is 22.0 Å². The quantitative estimate of drug-likeness (QED) is 0.564. The maximum absolute atomic E-state index is 12.4. The number of nitrogens with zero attached hydrogens (tertiary/aromatic N) is 3. The van der Waals surface area contributed by atoms with Crippen LogP contribution in [0, 0.1) is 5.92 Å². The molecule has 2 amide bonds. The van der Waals surface area contributed by atoms with Gasteiger partial charge in [-0.15, -0.1) is 10.2 Å². The third-order valence-electron chi connectivity index (χ3n) is 5.71. The lowest BCUT2D eigenvalue weighted by Crippen LogP contribution is -2.21. The van der Waals surface area contributed by atoms with Gasteiger partial charge in [0.2, 0.25) is 0 Å². The van der Waals surface area contributed by atoms with Crippen molar-refractivity contribution >= 4 is 28.4 Å². The van der Waals surface area contributed by atoms with Crippen molar-refractivity contribution in [2.24, 2.45) is 11.7 Å². The second-order valence-corrected chi connectivity index (χ2v) is 8.29. The number of primary amides is 1. The minimum absolute atomic E-state index is 0.0947. The van der Waals surface area contributed by atoms with Crippen LogP contribution in [0.3, 0.4) is 0 Å². The first-order valence-electron chi connectivity index (χ1n) is 10.6. The molecule has 32 heavy (non-hydrogen) atoms. The molecule has 0 spiro atoms. The molecule has 2 aromatic carbocycles. The van der Waals surface area contributed by atoms with Gasteiger partial charge in [0.05, 0.1) is 18.3 Å². The number of hydrogen-bond acceptors (Lipinski definition) is 6. The third kappa shape index (κ3) is 4.34. The molecule has 1 fully saturated rings. The van der Waals surface area contributed by atoms with Crippen molar-refractivity contribution < 1.29 is 14.3 Å². The Morgan fingerprint density at radius 3 is 2.59 bits per heavy atom. The molecule has 8 heteroatoms. The maximum atomic E-state index is 12.4. The molecule has 1 aromatic heterocycles. The number of carbonyl (C=O) groups is 2. The highest BCUT2D eigenvalue weighted by molar-refractivity contribution is 6.05. The smallest absolute Gasteiger partial charge is 0.271 e. The summed E-state index contributed by atoms with van der Waals surface area (Å²) in [5.74, 6) is 0.692. The fraction of sp³-hybridized carbons (Fsp3) is 0.333. The van der Waals surface area contributed by atoms with Gasteiger partial charge in [0.1, 0.15) is 5.75 Å². The zero-order valence-corrected chi connectivity index (χ0v) is 18.5. The number of anilines is 1. The van der Waals surface area contributed by atoms with Crippen LogP contribution in [0.2, 0.25) is 0 Å². The van der Waals surface area contributed by atoms with E-state index in [0.717, 1.165) is 35.4 Å². The summed E-state index contributed by atoms with van der Waals surface area (Å²) in [5.41, 5.74) is 9.06. The van der Waals surface area contributed by atoms with Gasteiger partial charge in [0, 0.05) is 37.2 Å². The summed E-state index contributed by atoms with van der Waals surface area (Å²) in [7, 11) is 5.02. The molecule has 8 nitrogen and oxygen atoms in total. The summed E-state index contributed by atoms with van der Waals surface area (Å²) in [4.78, 5) is 25.9. The Kier molecular flexibility index (Phi) is 5.94. The van der Waals surface area contributed by atoms with E-state index in [-0.39, 0.29) is 11.6 Å². The Morgan fingerprint density at radius 2 is 1.94 bits per heavy atom. The number of hydrogen-bond donors (Lipinski definition) is 2. The highest BCUT2D eigenvalue weighted by Gasteiger charge is 2.22. The molecule has 1 saturated carbocycles. The van der Waals surface area contributed by atoms with E-state index in [4.69, 9.17) is 10.5 Å². The highest BCUT2D eigenvalue weighted by Crippen LogP contribution is 2.35. The molecule has 0 radical (unpaired) electrons. The maximum Gasteiger partial charge on any atom is 0.271 e. The number of nitrogens with one attached hydrogen (secondary N) is 1. The first-order chi connectivity index (χ1) is 15.4. The minimum atomic E-state index is -0.617. The van der Waals surface area contributed by atoms with E-state index in [9.17, 15) is 9.59 Å². The normalized spacial score (nSPS) is 13.1. The summed E-state index contributed by atoms with van der Waals surface area (Å²) in [5, 5.41) is 12.4. The molecule has 1 aliphatic rings. The average Bonchev–Trinajstić information content (AvgIpc) is 3.62. The highest BCUT2D eigenvalue weighted by atomic mass is 16.5. The molecule has 1 heterocycles. The average molecular weight is 434 g/mol. The number of carbonyl (C=O) groups excluding carboxylic acids is 2. The van der Waals surface area contributed by atoms with Crippen LogP contribution < -0.4 is 15.8 Å². The molecule has 0 saturated heterocycles. The molecule has 3 N–H and O–H groups in total. The summed E-state index contributed by atoms with van der Waals surface area (Å²) >= 11 is 0. The van der Waals surface area contributed by atoms with Crippen LogP contribution in [0.1, 0.15) is 40.1 Å². The number of ether oxygens (including phenoxy) is 1. The molecule has 1 aliphatic carbocycles. The number of benzene rings is 2. The topological polar surface area (TPSA) is 110 Å². The SMILES string of the molecule is COc1ccc(C(=O)N(C)C)cc1-c1ccc2c(NCCC3CC3)c(C(N)=O)nnc2c1. The third-order valence-corrected chi connectivity index (χ3v) is 5.71. The molecule has 3 aromatic rings. The summed E-state index contributed by atoms with van der Waals surface area (Å²) in [6.07, 6.45) is 3.57. The second kappa shape index (κ2) is 8.82. The van der Waals surface area contributed by atoms with E-state index in [1.165, 1.54) is 17.7 Å². The lowest BCUT2D eigenvalue weighted by Gasteiger charge is -2.15. The number of amides is 2. The van der Waals surface area contributed by atoms with Gasteiger partial charge in [-0.25, -0.2) is 0 Å². The van der Waals surface area contributed by atoms with Gasteiger partial charge in [-0.1, -0.05) is 18.9 Å². The van der Waals surface area contributed by atoms with Gasteiger partial charge in [0.15, 0.2) is 5.69 Å². The van der Waals surface area contributed by atoms with Crippen molar-refractivity contribution in [3.05, 3.63) is 47.7 Å². The van der Waals surface area contributed by atoms with Crippen LogP contribution in [-0.2, 0) is 0 Å². The van der Waals surface area contributed by atoms with Crippen LogP contribution in [0.4, 0.5) is 5.69 Å². The predicted octanol–water partition coefficient (Wildman–Crippen LogP) is 3.32. The van der Waals surface area contributed by atoms with Gasteiger partial charge >= 0.3 is 0 Å². The van der Waals surface area contributed by atoms with Gasteiger partial charge in [-0.05, 0) is 48.2 Å². The first kappa shape index (κ1) is 21.5. The molecule has 0 unspecified atom stereocenters. The fourth-order valence-corrected chi connectivity index (χ4v) is 3.76. The zero-order chi connectivity index (χ0) is 22.8. The second-order valence-electron chi connectivity index (χ2n) is 8.29. The zero-order valence-electron chi connectivity index (χ0n) is 18.5. The van der Waals surface area contributed by atoms with E-state index >= 15 is 0 Å². The van der Waals surface area contributed by atoms with Crippen molar-refractivity contribution in [2.45, 2.75) is 19.3 Å². The lowest BCUT2D eigenvalue weighted by atomic mass is 9.99. The number of nitrogens with two attached hydrogens (primary N) is 1. The molecular weight excluding hydrogens is 406 g/mol. The summed E-state index contributed by atoms with van der Waals surface area (Å²) in [6.45, 7) is 0.746. The summed E-state index contributed by atoms with van der Waals surface area (Å²) < 4.78 is 5.53. The van der Waals surface area contributed by atoms with Crippen LogP contribution in [-0.4, -0.2) is 54.7 Å². The lowest BCUT2D eigenvalue weighted by molar-refractivity contribution is 0.0827. The molecule has 0 aliphatic heterocycles. The molecule has 0 atom stereocenters. The molecule has 166 valence electrons. The van der Waals surface area contributed by atoms with E-state index in [2.05, 4.69) is 15.5 Å². The van der Waals surface area contributed by atoms with Crippen molar-refractivity contribution in [3.8, 4) is 16.9 Å². The molecule has 0 bridgehead atoms. The summed E-state index contributed by atoms with van der Waals surface area (Å²) in [6, 6.07) is 11.0.